The van der Waals surface area contributed by atoms with Crippen LogP contribution in [0.15, 0.2) is 12.1 Å². The number of halogens is 2. The number of hydrogen-bond donors (Lipinski definition) is 2. The van der Waals surface area contributed by atoms with E-state index in [2.05, 4.69) is 0 Å². The minimum absolute atomic E-state index is 0.0944. The SMILES string of the molecule is OB(O)c1c(F)cc(C2CCCC2)cc1Cl. The van der Waals surface area contributed by atoms with Crippen LogP contribution in [0.4, 0.5) is 4.39 Å². The van der Waals surface area contributed by atoms with Crippen molar-refractivity contribution in [1.82, 2.24) is 0 Å². The van der Waals surface area contributed by atoms with Gasteiger partial charge in [-0.1, -0.05) is 24.4 Å². The van der Waals surface area contributed by atoms with Crippen molar-refractivity contribution >= 4 is 24.2 Å². The van der Waals surface area contributed by atoms with Gasteiger partial charge in [0.25, 0.3) is 0 Å². The van der Waals surface area contributed by atoms with Crippen LogP contribution in [0.3, 0.4) is 0 Å². The van der Waals surface area contributed by atoms with E-state index in [4.69, 9.17) is 21.6 Å². The Kier molecular flexibility index (Phi) is 3.52. The van der Waals surface area contributed by atoms with E-state index in [9.17, 15) is 4.39 Å². The smallest absolute Gasteiger partial charge is 0.423 e. The van der Waals surface area contributed by atoms with Crippen molar-refractivity contribution in [1.29, 1.82) is 0 Å². The van der Waals surface area contributed by atoms with Gasteiger partial charge in [0.15, 0.2) is 0 Å². The van der Waals surface area contributed by atoms with E-state index in [-0.39, 0.29) is 10.5 Å². The minimum Gasteiger partial charge on any atom is -0.423 e. The second-order valence-corrected chi connectivity index (χ2v) is 4.66. The molecule has 2 rings (SSSR count). The molecule has 0 aliphatic heterocycles. The largest absolute Gasteiger partial charge is 0.492 e. The summed E-state index contributed by atoms with van der Waals surface area (Å²) < 4.78 is 13.6. The predicted molar refractivity (Wildman–Crippen MR) is 62.4 cm³/mol. The summed E-state index contributed by atoms with van der Waals surface area (Å²) in [5.74, 6) is -0.277. The van der Waals surface area contributed by atoms with Gasteiger partial charge in [-0.15, -0.1) is 0 Å². The maximum Gasteiger partial charge on any atom is 0.492 e. The molecule has 1 aliphatic rings. The highest BCUT2D eigenvalue weighted by molar-refractivity contribution is 6.62. The van der Waals surface area contributed by atoms with E-state index in [1.54, 1.807) is 6.07 Å². The topological polar surface area (TPSA) is 40.5 Å². The molecule has 0 unspecified atom stereocenters. The highest BCUT2D eigenvalue weighted by Crippen LogP contribution is 2.35. The second-order valence-electron chi connectivity index (χ2n) is 4.25. The van der Waals surface area contributed by atoms with Gasteiger partial charge in [0, 0.05) is 10.5 Å². The van der Waals surface area contributed by atoms with E-state index in [0.29, 0.717) is 5.92 Å². The monoisotopic (exact) mass is 242 g/mol. The molecular formula is C11H13BClFO2. The molecule has 0 heterocycles. The van der Waals surface area contributed by atoms with E-state index in [0.717, 1.165) is 31.2 Å². The molecule has 0 amide bonds. The molecule has 1 aliphatic carbocycles. The molecule has 0 bridgehead atoms. The molecule has 16 heavy (non-hydrogen) atoms. The van der Waals surface area contributed by atoms with Gasteiger partial charge < -0.3 is 10.0 Å². The van der Waals surface area contributed by atoms with Crippen LogP contribution >= 0.6 is 11.6 Å². The van der Waals surface area contributed by atoms with Gasteiger partial charge in [-0.05, 0) is 36.5 Å². The standard InChI is InChI=1S/C11H13BClFO2/c13-9-5-8(7-3-1-2-4-7)6-10(14)11(9)12(15)16/h5-7,15-16H,1-4H2. The molecule has 0 aromatic heterocycles. The van der Waals surface area contributed by atoms with Crippen molar-refractivity contribution in [2.75, 3.05) is 0 Å². The molecule has 5 heteroatoms. The first kappa shape index (κ1) is 11.9. The van der Waals surface area contributed by atoms with Crippen LogP contribution in [0.5, 0.6) is 0 Å². The van der Waals surface area contributed by atoms with Gasteiger partial charge in [0.1, 0.15) is 5.82 Å². The average molecular weight is 242 g/mol. The Morgan fingerprint density at radius 1 is 1.25 bits per heavy atom. The predicted octanol–water partition coefficient (Wildman–Crippen LogP) is 1.82. The van der Waals surface area contributed by atoms with Crippen LogP contribution in [0.25, 0.3) is 0 Å². The summed E-state index contributed by atoms with van der Waals surface area (Å²) in [6, 6.07) is 3.02. The molecule has 1 aromatic rings. The normalized spacial score (nSPS) is 16.8. The molecule has 1 aromatic carbocycles. The summed E-state index contributed by atoms with van der Waals surface area (Å²) in [5.41, 5.74) is 0.632. The van der Waals surface area contributed by atoms with Gasteiger partial charge >= 0.3 is 7.12 Å². The zero-order valence-corrected chi connectivity index (χ0v) is 9.54. The number of hydrogen-bond acceptors (Lipinski definition) is 2. The van der Waals surface area contributed by atoms with E-state index < -0.39 is 12.9 Å². The Balaban J connectivity index is 2.36. The van der Waals surface area contributed by atoms with Crippen LogP contribution in [0, 0.1) is 5.82 Å². The van der Waals surface area contributed by atoms with Crippen molar-refractivity contribution in [2.45, 2.75) is 31.6 Å². The van der Waals surface area contributed by atoms with E-state index in [1.807, 2.05) is 0 Å². The molecule has 1 fully saturated rings. The highest BCUT2D eigenvalue weighted by atomic mass is 35.5. The number of rotatable bonds is 2. The van der Waals surface area contributed by atoms with Gasteiger partial charge in [-0.25, -0.2) is 4.39 Å². The van der Waals surface area contributed by atoms with E-state index >= 15 is 0 Å². The Hall–Kier alpha value is -0.575. The lowest BCUT2D eigenvalue weighted by molar-refractivity contribution is 0.423. The third-order valence-corrected chi connectivity index (χ3v) is 3.50. The van der Waals surface area contributed by atoms with Crippen molar-refractivity contribution in [3.8, 4) is 0 Å². The Bertz CT molecular complexity index is 369. The average Bonchev–Trinajstić information content (AvgIpc) is 2.67. The molecule has 86 valence electrons. The van der Waals surface area contributed by atoms with E-state index in [1.165, 1.54) is 6.07 Å². The molecular weight excluding hydrogens is 229 g/mol. The molecule has 2 nitrogen and oxygen atoms in total. The van der Waals surface area contributed by atoms with Gasteiger partial charge in [0.2, 0.25) is 0 Å². The van der Waals surface area contributed by atoms with Crippen LogP contribution in [0.2, 0.25) is 5.02 Å². The summed E-state index contributed by atoms with van der Waals surface area (Å²) in [6.07, 6.45) is 4.43. The zero-order valence-electron chi connectivity index (χ0n) is 8.79. The van der Waals surface area contributed by atoms with Crippen molar-refractivity contribution < 1.29 is 14.4 Å². The first-order valence-corrected chi connectivity index (χ1v) is 5.82. The van der Waals surface area contributed by atoms with Crippen LogP contribution in [-0.4, -0.2) is 17.2 Å². The quantitative estimate of drug-likeness (QED) is 0.777. The summed E-state index contributed by atoms with van der Waals surface area (Å²) in [5, 5.41) is 18.0. The highest BCUT2D eigenvalue weighted by Gasteiger charge is 2.24. The lowest BCUT2D eigenvalue weighted by Crippen LogP contribution is -2.34. The zero-order chi connectivity index (χ0) is 11.7. The minimum atomic E-state index is -1.86. The van der Waals surface area contributed by atoms with Crippen LogP contribution in [-0.2, 0) is 0 Å². The summed E-state index contributed by atoms with van der Waals surface area (Å²) in [6.45, 7) is 0. The Morgan fingerprint density at radius 3 is 2.38 bits per heavy atom. The first-order valence-electron chi connectivity index (χ1n) is 5.44. The molecule has 0 spiro atoms. The number of benzene rings is 1. The molecule has 2 N–H and O–H groups in total. The Labute approximate surface area is 99.2 Å². The van der Waals surface area contributed by atoms with Crippen molar-refractivity contribution in [3.05, 3.63) is 28.5 Å². The summed E-state index contributed by atoms with van der Waals surface area (Å²) >= 11 is 5.85. The third-order valence-electron chi connectivity index (χ3n) is 3.19. The summed E-state index contributed by atoms with van der Waals surface area (Å²) in [7, 11) is -1.86. The van der Waals surface area contributed by atoms with Crippen molar-refractivity contribution in [2.24, 2.45) is 0 Å². The summed E-state index contributed by atoms with van der Waals surface area (Å²) in [4.78, 5) is 0. The van der Waals surface area contributed by atoms with Crippen LogP contribution in [0.1, 0.15) is 37.2 Å². The van der Waals surface area contributed by atoms with Crippen LogP contribution < -0.4 is 5.46 Å². The first-order chi connectivity index (χ1) is 7.59. The van der Waals surface area contributed by atoms with Crippen molar-refractivity contribution in [3.63, 3.8) is 0 Å². The maximum atomic E-state index is 13.6. The fourth-order valence-electron chi connectivity index (χ4n) is 2.35. The molecule has 1 saturated carbocycles. The molecule has 0 atom stereocenters. The van der Waals surface area contributed by atoms with Gasteiger partial charge in [-0.3, -0.25) is 0 Å². The third kappa shape index (κ3) is 2.24. The fourth-order valence-corrected chi connectivity index (χ4v) is 2.66. The maximum absolute atomic E-state index is 13.6. The lowest BCUT2D eigenvalue weighted by atomic mass is 9.78. The van der Waals surface area contributed by atoms with Gasteiger partial charge in [-0.2, -0.15) is 0 Å². The second kappa shape index (κ2) is 4.74. The lowest BCUT2D eigenvalue weighted by Gasteiger charge is -2.13. The Morgan fingerprint density at radius 2 is 1.88 bits per heavy atom. The fraction of sp³-hybridized carbons (Fsp3) is 0.455. The molecule has 0 saturated heterocycles. The molecule has 0 radical (unpaired) electrons. The van der Waals surface area contributed by atoms with Gasteiger partial charge in [0.05, 0.1) is 0 Å².